The molecule has 28 heavy (non-hydrogen) atoms. The number of carbonyl (C=O) groups is 1. The molecular weight excluding hydrogens is 358 g/mol. The molecule has 0 aliphatic heterocycles. The van der Waals surface area contributed by atoms with Gasteiger partial charge in [-0.1, -0.05) is 24.3 Å². The van der Waals surface area contributed by atoms with E-state index in [1.54, 1.807) is 43.6 Å². The highest BCUT2D eigenvalue weighted by Gasteiger charge is 2.15. The van der Waals surface area contributed by atoms with Crippen LogP contribution in [0.15, 0.2) is 59.5 Å². The standard InChI is InChI=1S/C20H17N5O3/c1-12(26)22-14-7-5-6-13(10-14)18-21-11-15-19(24-18)25(20(27)23-15)16-8-3-4-9-17(16)28-2/h3-11H,1-2H3,(H,22,26)(H,23,27). The van der Waals surface area contributed by atoms with Gasteiger partial charge in [0, 0.05) is 18.2 Å². The molecule has 0 aliphatic carbocycles. The molecule has 0 unspecified atom stereocenters. The molecule has 2 aromatic carbocycles. The van der Waals surface area contributed by atoms with Gasteiger partial charge < -0.3 is 15.0 Å². The summed E-state index contributed by atoms with van der Waals surface area (Å²) < 4.78 is 6.84. The van der Waals surface area contributed by atoms with E-state index in [0.29, 0.717) is 39.7 Å². The Bertz CT molecular complexity index is 1240. The molecule has 0 aliphatic rings. The van der Waals surface area contributed by atoms with Gasteiger partial charge in [-0.25, -0.2) is 19.3 Å². The van der Waals surface area contributed by atoms with E-state index in [0.717, 1.165) is 0 Å². The van der Waals surface area contributed by atoms with Gasteiger partial charge in [0.15, 0.2) is 11.5 Å². The first kappa shape index (κ1) is 17.5. The minimum atomic E-state index is -0.335. The Balaban J connectivity index is 1.88. The maximum absolute atomic E-state index is 12.6. The third-order valence-corrected chi connectivity index (χ3v) is 4.19. The second-order valence-corrected chi connectivity index (χ2v) is 6.13. The van der Waals surface area contributed by atoms with E-state index in [1.807, 2.05) is 18.2 Å². The highest BCUT2D eigenvalue weighted by atomic mass is 16.5. The number of methoxy groups -OCH3 is 1. The first-order chi connectivity index (χ1) is 13.6. The van der Waals surface area contributed by atoms with Crippen LogP contribution in [0.4, 0.5) is 5.69 Å². The fraction of sp³-hybridized carbons (Fsp3) is 0.100. The van der Waals surface area contributed by atoms with E-state index in [1.165, 1.54) is 11.5 Å². The normalized spacial score (nSPS) is 10.8. The number of ether oxygens (including phenoxy) is 1. The van der Waals surface area contributed by atoms with Crippen molar-refractivity contribution in [3.63, 3.8) is 0 Å². The van der Waals surface area contributed by atoms with Crippen molar-refractivity contribution in [3.05, 3.63) is 65.2 Å². The van der Waals surface area contributed by atoms with E-state index in [-0.39, 0.29) is 11.6 Å². The van der Waals surface area contributed by atoms with Crippen LogP contribution in [-0.2, 0) is 4.79 Å². The summed E-state index contributed by atoms with van der Waals surface area (Å²) in [7, 11) is 1.55. The number of rotatable bonds is 4. The number of carbonyl (C=O) groups excluding carboxylic acids is 1. The maximum atomic E-state index is 12.6. The SMILES string of the molecule is COc1ccccc1-n1c(=O)[nH]c2cnc(-c3cccc(NC(C)=O)c3)nc21. The molecule has 2 aromatic heterocycles. The number of benzene rings is 2. The summed E-state index contributed by atoms with van der Waals surface area (Å²) in [5.74, 6) is 0.824. The second kappa shape index (κ2) is 6.99. The number of H-pyrrole nitrogens is 1. The number of anilines is 1. The van der Waals surface area contributed by atoms with Gasteiger partial charge in [-0.2, -0.15) is 0 Å². The van der Waals surface area contributed by atoms with Crippen molar-refractivity contribution in [1.82, 2.24) is 19.5 Å². The van der Waals surface area contributed by atoms with E-state index in [9.17, 15) is 9.59 Å². The first-order valence-electron chi connectivity index (χ1n) is 8.56. The van der Waals surface area contributed by atoms with Crippen LogP contribution in [0, 0.1) is 0 Å². The van der Waals surface area contributed by atoms with Crippen molar-refractivity contribution in [1.29, 1.82) is 0 Å². The highest BCUT2D eigenvalue weighted by Crippen LogP contribution is 2.25. The molecule has 0 saturated heterocycles. The van der Waals surface area contributed by atoms with Gasteiger partial charge in [0.2, 0.25) is 5.91 Å². The predicted molar refractivity (Wildman–Crippen MR) is 106 cm³/mol. The third-order valence-electron chi connectivity index (χ3n) is 4.19. The molecule has 0 bridgehead atoms. The van der Waals surface area contributed by atoms with Crippen molar-refractivity contribution in [2.75, 3.05) is 12.4 Å². The summed E-state index contributed by atoms with van der Waals surface area (Å²) in [5, 5.41) is 2.74. The molecule has 2 heterocycles. The number of imidazole rings is 1. The van der Waals surface area contributed by atoms with Crippen LogP contribution < -0.4 is 15.7 Å². The number of fused-ring (bicyclic) bond motifs is 1. The van der Waals surface area contributed by atoms with Crippen molar-refractivity contribution in [2.45, 2.75) is 6.92 Å². The van der Waals surface area contributed by atoms with Crippen LogP contribution in [0.2, 0.25) is 0 Å². The Hall–Kier alpha value is -3.94. The molecule has 8 heteroatoms. The maximum Gasteiger partial charge on any atom is 0.332 e. The number of hydrogen-bond acceptors (Lipinski definition) is 5. The summed E-state index contributed by atoms with van der Waals surface area (Å²) in [6.07, 6.45) is 1.57. The quantitative estimate of drug-likeness (QED) is 0.571. The third kappa shape index (κ3) is 3.11. The number of para-hydroxylation sites is 2. The number of amides is 1. The Kier molecular flexibility index (Phi) is 4.36. The van der Waals surface area contributed by atoms with Gasteiger partial charge in [0.05, 0.1) is 19.0 Å². The van der Waals surface area contributed by atoms with Crippen molar-refractivity contribution < 1.29 is 9.53 Å². The van der Waals surface area contributed by atoms with Crippen LogP contribution >= 0.6 is 0 Å². The molecule has 0 atom stereocenters. The van der Waals surface area contributed by atoms with Gasteiger partial charge in [-0.05, 0) is 24.3 Å². The molecule has 8 nitrogen and oxygen atoms in total. The zero-order valence-corrected chi connectivity index (χ0v) is 15.3. The molecule has 4 aromatic rings. The Morgan fingerprint density at radius 2 is 2.00 bits per heavy atom. The zero-order chi connectivity index (χ0) is 19.7. The number of aromatic amines is 1. The van der Waals surface area contributed by atoms with Crippen molar-refractivity contribution in [2.24, 2.45) is 0 Å². The smallest absolute Gasteiger partial charge is 0.332 e. The van der Waals surface area contributed by atoms with E-state index in [2.05, 4.69) is 20.3 Å². The number of aromatic nitrogens is 4. The van der Waals surface area contributed by atoms with Gasteiger partial charge in [-0.3, -0.25) is 4.79 Å². The molecule has 0 radical (unpaired) electrons. The Morgan fingerprint density at radius 3 is 2.79 bits per heavy atom. The molecule has 0 spiro atoms. The average molecular weight is 375 g/mol. The summed E-state index contributed by atoms with van der Waals surface area (Å²) in [6.45, 7) is 1.45. The average Bonchev–Trinajstić information content (AvgIpc) is 3.02. The second-order valence-electron chi connectivity index (χ2n) is 6.13. The van der Waals surface area contributed by atoms with Crippen molar-refractivity contribution in [3.8, 4) is 22.8 Å². The minimum absolute atomic E-state index is 0.163. The number of nitrogens with one attached hydrogen (secondary N) is 2. The topological polar surface area (TPSA) is 102 Å². The fourth-order valence-electron chi connectivity index (χ4n) is 3.02. The van der Waals surface area contributed by atoms with Crippen LogP contribution in [0.25, 0.3) is 28.2 Å². The van der Waals surface area contributed by atoms with Crippen LogP contribution in [-0.4, -0.2) is 32.5 Å². The monoisotopic (exact) mass is 375 g/mol. The fourth-order valence-corrected chi connectivity index (χ4v) is 3.02. The van der Waals surface area contributed by atoms with Crippen LogP contribution in [0.1, 0.15) is 6.92 Å². The predicted octanol–water partition coefficient (Wildman–Crippen LogP) is 2.74. The molecular formula is C20H17N5O3. The number of nitrogens with zero attached hydrogens (tertiary/aromatic N) is 3. The molecule has 0 saturated carbocycles. The van der Waals surface area contributed by atoms with Crippen LogP contribution in [0.3, 0.4) is 0 Å². The molecule has 2 N–H and O–H groups in total. The lowest BCUT2D eigenvalue weighted by Crippen LogP contribution is -2.15. The van der Waals surface area contributed by atoms with Crippen molar-refractivity contribution >= 4 is 22.8 Å². The van der Waals surface area contributed by atoms with E-state index >= 15 is 0 Å². The first-order valence-corrected chi connectivity index (χ1v) is 8.56. The summed E-state index contributed by atoms with van der Waals surface area (Å²) >= 11 is 0. The summed E-state index contributed by atoms with van der Waals surface area (Å²) in [6, 6.07) is 14.4. The van der Waals surface area contributed by atoms with Crippen LogP contribution in [0.5, 0.6) is 5.75 Å². The summed E-state index contributed by atoms with van der Waals surface area (Å²) in [4.78, 5) is 35.6. The summed E-state index contributed by atoms with van der Waals surface area (Å²) in [5.41, 5.74) is 2.55. The highest BCUT2D eigenvalue weighted by molar-refractivity contribution is 5.89. The number of hydrogen-bond donors (Lipinski definition) is 2. The van der Waals surface area contributed by atoms with Gasteiger partial charge in [-0.15, -0.1) is 0 Å². The molecule has 1 amide bonds. The lowest BCUT2D eigenvalue weighted by Gasteiger charge is -2.09. The van der Waals surface area contributed by atoms with E-state index in [4.69, 9.17) is 4.74 Å². The minimum Gasteiger partial charge on any atom is -0.495 e. The van der Waals surface area contributed by atoms with E-state index < -0.39 is 0 Å². The van der Waals surface area contributed by atoms with Gasteiger partial charge in [0.1, 0.15) is 11.3 Å². The Labute approximate surface area is 159 Å². The lowest BCUT2D eigenvalue weighted by atomic mass is 10.2. The molecule has 4 rings (SSSR count). The van der Waals surface area contributed by atoms with Gasteiger partial charge >= 0.3 is 5.69 Å². The molecule has 0 fully saturated rings. The lowest BCUT2D eigenvalue weighted by molar-refractivity contribution is -0.114. The van der Waals surface area contributed by atoms with Gasteiger partial charge in [0.25, 0.3) is 0 Å². The molecule has 140 valence electrons. The zero-order valence-electron chi connectivity index (χ0n) is 15.3. The largest absolute Gasteiger partial charge is 0.495 e. The Morgan fingerprint density at radius 1 is 1.18 bits per heavy atom.